The second-order valence-electron chi connectivity index (χ2n) is 3.82. The second kappa shape index (κ2) is 4.37. The monoisotopic (exact) mass is 230 g/mol. The van der Waals surface area contributed by atoms with E-state index in [2.05, 4.69) is 0 Å². The molecule has 0 atom stereocenters. The Morgan fingerprint density at radius 1 is 1.12 bits per heavy atom. The van der Waals surface area contributed by atoms with Gasteiger partial charge >= 0.3 is 5.97 Å². The molecule has 0 fully saturated rings. The zero-order valence-corrected chi connectivity index (χ0v) is 9.27. The Labute approximate surface area is 98.3 Å². The van der Waals surface area contributed by atoms with E-state index in [-0.39, 0.29) is 5.56 Å². The van der Waals surface area contributed by atoms with Crippen molar-refractivity contribution in [2.45, 2.75) is 6.92 Å². The third-order valence-electron chi connectivity index (χ3n) is 2.61. The molecule has 1 N–H and O–H groups in total. The lowest BCUT2D eigenvalue weighted by atomic mass is 9.99. The number of benzene rings is 2. The highest BCUT2D eigenvalue weighted by Crippen LogP contribution is 2.24. The Morgan fingerprint density at radius 2 is 1.76 bits per heavy atom. The molecule has 0 spiro atoms. The zero-order valence-electron chi connectivity index (χ0n) is 9.27. The standard InChI is InChI=1S/C14H11FO2/c1-9-7-11(10-5-3-2-4-6-10)8-12(15)13(9)14(16)17/h2-8H,1H3,(H,16,17). The first-order valence-electron chi connectivity index (χ1n) is 5.18. The molecule has 0 unspecified atom stereocenters. The largest absolute Gasteiger partial charge is 0.478 e. The van der Waals surface area contributed by atoms with E-state index in [1.165, 1.54) is 6.07 Å². The van der Waals surface area contributed by atoms with Crippen LogP contribution in [0.2, 0.25) is 0 Å². The van der Waals surface area contributed by atoms with Crippen LogP contribution in [0.3, 0.4) is 0 Å². The van der Waals surface area contributed by atoms with E-state index in [4.69, 9.17) is 5.11 Å². The molecule has 0 aliphatic carbocycles. The lowest BCUT2D eigenvalue weighted by Gasteiger charge is -2.07. The lowest BCUT2D eigenvalue weighted by molar-refractivity contribution is 0.0691. The molecule has 2 nitrogen and oxygen atoms in total. The summed E-state index contributed by atoms with van der Waals surface area (Å²) >= 11 is 0. The van der Waals surface area contributed by atoms with Crippen LogP contribution in [0.4, 0.5) is 4.39 Å². The van der Waals surface area contributed by atoms with Crippen molar-refractivity contribution in [1.82, 2.24) is 0 Å². The molecule has 17 heavy (non-hydrogen) atoms. The molecule has 3 heteroatoms. The highest BCUT2D eigenvalue weighted by Gasteiger charge is 2.15. The van der Waals surface area contributed by atoms with Gasteiger partial charge in [0.05, 0.1) is 5.56 Å². The minimum atomic E-state index is -1.24. The van der Waals surface area contributed by atoms with E-state index in [0.717, 1.165) is 5.56 Å². The van der Waals surface area contributed by atoms with Gasteiger partial charge in [0.25, 0.3) is 0 Å². The first-order chi connectivity index (χ1) is 8.09. The molecular weight excluding hydrogens is 219 g/mol. The molecule has 2 aromatic rings. The minimum Gasteiger partial charge on any atom is -0.478 e. The Morgan fingerprint density at radius 3 is 2.29 bits per heavy atom. The molecule has 0 aliphatic rings. The summed E-state index contributed by atoms with van der Waals surface area (Å²) < 4.78 is 13.7. The van der Waals surface area contributed by atoms with Crippen LogP contribution in [0.15, 0.2) is 42.5 Å². The van der Waals surface area contributed by atoms with Crippen molar-refractivity contribution in [1.29, 1.82) is 0 Å². The predicted molar refractivity (Wildman–Crippen MR) is 63.5 cm³/mol. The van der Waals surface area contributed by atoms with Gasteiger partial charge < -0.3 is 5.11 Å². The van der Waals surface area contributed by atoms with E-state index < -0.39 is 11.8 Å². The molecule has 2 aromatic carbocycles. The highest BCUT2D eigenvalue weighted by atomic mass is 19.1. The van der Waals surface area contributed by atoms with Crippen molar-refractivity contribution in [2.75, 3.05) is 0 Å². The van der Waals surface area contributed by atoms with Gasteiger partial charge in [-0.05, 0) is 29.7 Å². The number of hydrogen-bond acceptors (Lipinski definition) is 1. The summed E-state index contributed by atoms with van der Waals surface area (Å²) in [6.45, 7) is 1.60. The maximum Gasteiger partial charge on any atom is 0.338 e. The van der Waals surface area contributed by atoms with Crippen LogP contribution in [-0.4, -0.2) is 11.1 Å². The fraction of sp³-hybridized carbons (Fsp3) is 0.0714. The first-order valence-corrected chi connectivity index (χ1v) is 5.18. The summed E-state index contributed by atoms with van der Waals surface area (Å²) in [6, 6.07) is 12.2. The van der Waals surface area contributed by atoms with E-state index in [1.54, 1.807) is 13.0 Å². The summed E-state index contributed by atoms with van der Waals surface area (Å²) in [7, 11) is 0. The molecule has 2 rings (SSSR count). The Kier molecular flexibility index (Phi) is 2.91. The van der Waals surface area contributed by atoms with E-state index >= 15 is 0 Å². The summed E-state index contributed by atoms with van der Waals surface area (Å²) in [6.07, 6.45) is 0. The quantitative estimate of drug-likeness (QED) is 0.857. The average Bonchev–Trinajstić information content (AvgIpc) is 2.28. The highest BCUT2D eigenvalue weighted by molar-refractivity contribution is 5.90. The maximum absolute atomic E-state index is 13.7. The van der Waals surface area contributed by atoms with Crippen molar-refractivity contribution in [3.05, 3.63) is 59.4 Å². The third-order valence-corrected chi connectivity index (χ3v) is 2.61. The summed E-state index contributed by atoms with van der Waals surface area (Å²) in [5.74, 6) is -1.93. The van der Waals surface area contributed by atoms with Gasteiger partial charge in [-0.2, -0.15) is 0 Å². The van der Waals surface area contributed by atoms with Crippen molar-refractivity contribution in [2.24, 2.45) is 0 Å². The molecule has 0 aromatic heterocycles. The molecule has 0 saturated heterocycles. The first kappa shape index (κ1) is 11.3. The number of carboxylic acids is 1. The van der Waals surface area contributed by atoms with Gasteiger partial charge in [0, 0.05) is 0 Å². The van der Waals surface area contributed by atoms with Crippen LogP contribution < -0.4 is 0 Å². The van der Waals surface area contributed by atoms with Gasteiger partial charge in [-0.3, -0.25) is 0 Å². The molecule has 0 bridgehead atoms. The molecule has 0 aliphatic heterocycles. The number of aromatic carboxylic acids is 1. The normalized spacial score (nSPS) is 10.2. The molecule has 86 valence electrons. The Hall–Kier alpha value is -2.16. The number of carbonyl (C=O) groups is 1. The molecule has 0 heterocycles. The number of carboxylic acid groups (broad SMARTS) is 1. The fourth-order valence-corrected chi connectivity index (χ4v) is 1.81. The molecule has 0 radical (unpaired) electrons. The van der Waals surface area contributed by atoms with E-state index in [9.17, 15) is 9.18 Å². The summed E-state index contributed by atoms with van der Waals surface area (Å²) in [4.78, 5) is 10.9. The van der Waals surface area contributed by atoms with Gasteiger partial charge in [0.2, 0.25) is 0 Å². The Bertz CT molecular complexity index is 539. The van der Waals surface area contributed by atoms with E-state index in [1.807, 2.05) is 30.3 Å². The van der Waals surface area contributed by atoms with Crippen LogP contribution in [0.1, 0.15) is 15.9 Å². The van der Waals surface area contributed by atoms with Crippen LogP contribution in [0.5, 0.6) is 0 Å². The smallest absolute Gasteiger partial charge is 0.338 e. The summed E-state index contributed by atoms with van der Waals surface area (Å²) in [5.41, 5.74) is 1.72. The SMILES string of the molecule is Cc1cc(-c2ccccc2)cc(F)c1C(=O)O. The number of aryl methyl sites for hydroxylation is 1. The number of halogens is 1. The van der Waals surface area contributed by atoms with E-state index in [0.29, 0.717) is 11.1 Å². The zero-order chi connectivity index (χ0) is 12.4. The van der Waals surface area contributed by atoms with Crippen molar-refractivity contribution >= 4 is 5.97 Å². The average molecular weight is 230 g/mol. The molecule has 0 amide bonds. The third kappa shape index (κ3) is 2.18. The molecular formula is C14H11FO2. The van der Waals surface area contributed by atoms with Crippen LogP contribution in [0.25, 0.3) is 11.1 Å². The minimum absolute atomic E-state index is 0.260. The van der Waals surface area contributed by atoms with Gasteiger partial charge in [-0.15, -0.1) is 0 Å². The molecule has 0 saturated carbocycles. The van der Waals surface area contributed by atoms with Gasteiger partial charge in [0.15, 0.2) is 0 Å². The second-order valence-corrected chi connectivity index (χ2v) is 3.82. The van der Waals surface area contributed by atoms with Gasteiger partial charge in [0.1, 0.15) is 5.82 Å². The van der Waals surface area contributed by atoms with Gasteiger partial charge in [-0.1, -0.05) is 36.4 Å². The van der Waals surface area contributed by atoms with Crippen molar-refractivity contribution in [3.8, 4) is 11.1 Å². The fourth-order valence-electron chi connectivity index (χ4n) is 1.81. The van der Waals surface area contributed by atoms with Crippen LogP contribution in [0, 0.1) is 12.7 Å². The van der Waals surface area contributed by atoms with Gasteiger partial charge in [-0.25, -0.2) is 9.18 Å². The summed E-state index contributed by atoms with van der Waals surface area (Å²) in [5, 5.41) is 8.87. The van der Waals surface area contributed by atoms with Crippen molar-refractivity contribution < 1.29 is 14.3 Å². The lowest BCUT2D eigenvalue weighted by Crippen LogP contribution is -2.04. The van der Waals surface area contributed by atoms with Crippen LogP contribution >= 0.6 is 0 Å². The Balaban J connectivity index is 2.57. The number of rotatable bonds is 2. The van der Waals surface area contributed by atoms with Crippen molar-refractivity contribution in [3.63, 3.8) is 0 Å². The maximum atomic E-state index is 13.7. The van der Waals surface area contributed by atoms with Crippen LogP contribution in [-0.2, 0) is 0 Å². The number of hydrogen-bond donors (Lipinski definition) is 1. The predicted octanol–water partition coefficient (Wildman–Crippen LogP) is 3.50. The topological polar surface area (TPSA) is 37.3 Å².